The maximum absolute atomic E-state index is 12.8. The molecule has 0 bridgehead atoms. The maximum Gasteiger partial charge on any atom is 0.472 e. The van der Waals surface area contributed by atoms with E-state index in [1.165, 1.54) is 141 Å². The van der Waals surface area contributed by atoms with Gasteiger partial charge < -0.3 is 45.7 Å². The Morgan fingerprint density at radius 3 is 1.35 bits per heavy atom. The molecule has 0 aromatic heterocycles. The third kappa shape index (κ3) is 51.0. The topological polar surface area (TPSA) is 257 Å². The van der Waals surface area contributed by atoms with Crippen LogP contribution in [-0.4, -0.2) is 98.7 Å². The second kappa shape index (κ2) is 50.6. The molecule has 0 heterocycles. The lowest BCUT2D eigenvalue weighted by Gasteiger charge is -2.20. The minimum absolute atomic E-state index is 0. The molecule has 0 aromatic carbocycles. The van der Waals surface area contributed by atoms with Crippen LogP contribution >= 0.6 is 7.82 Å². The zero-order valence-electron chi connectivity index (χ0n) is 42.7. The molecule has 0 saturated heterocycles. The molecule has 0 rings (SSSR count). The van der Waals surface area contributed by atoms with E-state index in [4.69, 9.17) is 33.1 Å². The van der Waals surface area contributed by atoms with E-state index in [1.54, 1.807) is 0 Å². The number of carboxylic acid groups (broad SMARTS) is 1. The summed E-state index contributed by atoms with van der Waals surface area (Å²) < 4.78 is 43.9. The molecule has 1 unspecified atom stereocenters. The Labute approximate surface area is 410 Å². The average molecular weight is 996 g/mol. The van der Waals surface area contributed by atoms with E-state index in [2.05, 4.69) is 24.5 Å². The first-order valence-corrected chi connectivity index (χ1v) is 27.9. The van der Waals surface area contributed by atoms with E-state index in [1.807, 2.05) is 0 Å². The number of carbonyl (C=O) groups excluding carboxylic acids is 4. The highest BCUT2D eigenvalue weighted by atomic mass is 31.2. The molecule has 402 valence electrons. The van der Waals surface area contributed by atoms with Gasteiger partial charge in [-0.3, -0.25) is 28.2 Å². The first-order valence-electron chi connectivity index (χ1n) is 26.4. The van der Waals surface area contributed by atoms with Crippen molar-refractivity contribution < 1.29 is 66.5 Å². The summed E-state index contributed by atoms with van der Waals surface area (Å²) in [6.45, 7) is 3.24. The van der Waals surface area contributed by atoms with Crippen LogP contribution in [0.2, 0.25) is 0 Å². The van der Waals surface area contributed by atoms with Gasteiger partial charge in [0.25, 0.3) is 0 Å². The number of rotatable bonds is 51. The van der Waals surface area contributed by atoms with Crippen LogP contribution in [0.25, 0.3) is 0 Å². The van der Waals surface area contributed by atoms with E-state index in [0.29, 0.717) is 12.8 Å². The first-order chi connectivity index (χ1) is 32.5. The maximum atomic E-state index is 12.8. The van der Waals surface area contributed by atoms with E-state index in [-0.39, 0.29) is 71.4 Å². The summed E-state index contributed by atoms with van der Waals surface area (Å²) >= 11 is 0. The summed E-state index contributed by atoms with van der Waals surface area (Å²) in [4.78, 5) is 69.6. The van der Waals surface area contributed by atoms with Crippen molar-refractivity contribution in [1.29, 1.82) is 0 Å². The Hall–Kier alpha value is -2.82. The standard InChI is InChI=1S/C50H95N2O14P.H3N/c1-3-5-7-9-11-13-15-17-19-21-23-25-27-29-31-33-48(56)63-43-45(66-49(57)34-32-30-28-26-24-22-20-18-16-14-12-10-8-6-4-2)44-65-67(59,60)64-40-38-52-50(58)62-42-41-61-39-37-51-46(53)35-36-47(54)55;/h45H,3-44H2,1-2H3,(H,51,53)(H,52,58)(H,54,55)(H,59,60);1H3/t45-;/m1./s1. The highest BCUT2D eigenvalue weighted by Gasteiger charge is 2.26. The minimum atomic E-state index is -4.65. The van der Waals surface area contributed by atoms with Crippen molar-refractivity contribution in [3.05, 3.63) is 0 Å². The molecule has 0 aliphatic carbocycles. The number of amides is 2. The van der Waals surface area contributed by atoms with Crippen molar-refractivity contribution in [3.8, 4) is 0 Å². The predicted octanol–water partition coefficient (Wildman–Crippen LogP) is 12.0. The van der Waals surface area contributed by atoms with Crippen LogP contribution in [0.3, 0.4) is 0 Å². The molecular weight excluding hydrogens is 898 g/mol. The molecule has 0 fully saturated rings. The number of esters is 2. The van der Waals surface area contributed by atoms with Crippen LogP contribution in [0.15, 0.2) is 0 Å². The third-order valence-corrected chi connectivity index (χ3v) is 12.3. The van der Waals surface area contributed by atoms with Gasteiger partial charge in [-0.1, -0.05) is 194 Å². The van der Waals surface area contributed by atoms with Crippen molar-refractivity contribution in [1.82, 2.24) is 16.8 Å². The lowest BCUT2D eigenvalue weighted by molar-refractivity contribution is -0.161. The highest BCUT2D eigenvalue weighted by molar-refractivity contribution is 7.47. The summed E-state index contributed by atoms with van der Waals surface area (Å²) in [5.74, 6) is -2.42. The second-order valence-corrected chi connectivity index (χ2v) is 19.2. The van der Waals surface area contributed by atoms with Gasteiger partial charge in [-0.25, -0.2) is 9.36 Å². The Kier molecular flexibility index (Phi) is 50.0. The predicted molar refractivity (Wildman–Crippen MR) is 267 cm³/mol. The van der Waals surface area contributed by atoms with Crippen molar-refractivity contribution >= 4 is 37.7 Å². The van der Waals surface area contributed by atoms with E-state index in [9.17, 15) is 33.4 Å². The Bertz CT molecular complexity index is 1260. The van der Waals surface area contributed by atoms with Gasteiger partial charge in [-0.05, 0) is 12.8 Å². The van der Waals surface area contributed by atoms with Gasteiger partial charge in [0.05, 0.1) is 32.8 Å². The number of unbranched alkanes of at least 4 members (excludes halogenated alkanes) is 28. The SMILES string of the molecule is CCCCCCCCCCCCCCCCCC(=O)OC[C@H](COP(=O)(O)OCCNC(=O)OCCOCCNC(=O)CCC(=O)O)OC(=O)CCCCCCCCCCCCCCCCC.N. The van der Waals surface area contributed by atoms with Gasteiger partial charge in [-0.15, -0.1) is 0 Å². The molecule has 0 aliphatic rings. The van der Waals surface area contributed by atoms with Crippen molar-refractivity contribution in [2.45, 2.75) is 238 Å². The summed E-state index contributed by atoms with van der Waals surface area (Å²) in [6.07, 6.45) is 34.4. The summed E-state index contributed by atoms with van der Waals surface area (Å²) in [5.41, 5.74) is 0. The molecule has 7 N–H and O–H groups in total. The summed E-state index contributed by atoms with van der Waals surface area (Å²) in [5, 5.41) is 13.5. The first kappa shape index (κ1) is 67.3. The van der Waals surface area contributed by atoms with Crippen LogP contribution in [0.5, 0.6) is 0 Å². The Balaban J connectivity index is 0. The quantitative estimate of drug-likeness (QED) is 0.0164. The molecule has 2 atom stereocenters. The number of alkyl carbamates (subject to hydrolysis) is 1. The zero-order valence-corrected chi connectivity index (χ0v) is 43.6. The van der Waals surface area contributed by atoms with Crippen LogP contribution in [-0.2, 0) is 51.7 Å². The summed E-state index contributed by atoms with van der Waals surface area (Å²) in [6, 6.07) is 0. The molecule has 0 radical (unpaired) electrons. The zero-order chi connectivity index (χ0) is 49.3. The lowest BCUT2D eigenvalue weighted by Crippen LogP contribution is -2.30. The number of nitrogens with one attached hydrogen (secondary N) is 2. The number of carbonyl (C=O) groups is 5. The van der Waals surface area contributed by atoms with Gasteiger partial charge in [0.2, 0.25) is 5.91 Å². The molecule has 18 heteroatoms. The fourth-order valence-corrected chi connectivity index (χ4v) is 8.10. The van der Waals surface area contributed by atoms with Crippen LogP contribution in [0.1, 0.15) is 232 Å². The molecule has 68 heavy (non-hydrogen) atoms. The number of ether oxygens (including phenoxy) is 4. The van der Waals surface area contributed by atoms with Crippen LogP contribution < -0.4 is 16.8 Å². The normalized spacial score (nSPS) is 12.4. The van der Waals surface area contributed by atoms with Crippen LogP contribution in [0, 0.1) is 0 Å². The molecule has 17 nitrogen and oxygen atoms in total. The fraction of sp³-hybridized carbons (Fsp3) is 0.900. The minimum Gasteiger partial charge on any atom is -0.481 e. The van der Waals surface area contributed by atoms with E-state index in [0.717, 1.165) is 38.5 Å². The van der Waals surface area contributed by atoms with Crippen molar-refractivity contribution in [2.75, 3.05) is 52.7 Å². The third-order valence-electron chi connectivity index (χ3n) is 11.3. The largest absolute Gasteiger partial charge is 0.481 e. The van der Waals surface area contributed by atoms with E-state index < -0.39 is 57.0 Å². The smallest absolute Gasteiger partial charge is 0.472 e. The molecule has 0 spiro atoms. The van der Waals surface area contributed by atoms with E-state index >= 15 is 0 Å². The van der Waals surface area contributed by atoms with Crippen LogP contribution in [0.4, 0.5) is 4.79 Å². The second-order valence-electron chi connectivity index (χ2n) is 17.7. The average Bonchev–Trinajstić information content (AvgIpc) is 3.30. The van der Waals surface area contributed by atoms with Crippen molar-refractivity contribution in [2.24, 2.45) is 0 Å². The molecule has 0 aromatic rings. The monoisotopic (exact) mass is 996 g/mol. The Morgan fingerprint density at radius 2 is 0.897 bits per heavy atom. The van der Waals surface area contributed by atoms with Gasteiger partial charge in [0.1, 0.15) is 13.2 Å². The number of phosphoric acid groups is 1. The molecule has 0 aliphatic heterocycles. The fourth-order valence-electron chi connectivity index (χ4n) is 7.35. The number of aliphatic carboxylic acids is 1. The Morgan fingerprint density at radius 1 is 0.471 bits per heavy atom. The number of hydrogen-bond donors (Lipinski definition) is 5. The molecule has 0 saturated carbocycles. The molecular formula is C50H98N3O14P. The summed E-state index contributed by atoms with van der Waals surface area (Å²) in [7, 11) is -4.65. The molecule has 2 amide bonds. The number of hydrogen-bond acceptors (Lipinski definition) is 13. The van der Waals surface area contributed by atoms with Gasteiger partial charge in [0.15, 0.2) is 6.10 Å². The number of carboxylic acids is 1. The van der Waals surface area contributed by atoms with Gasteiger partial charge in [0, 0.05) is 32.4 Å². The lowest BCUT2D eigenvalue weighted by atomic mass is 10.0. The van der Waals surface area contributed by atoms with Gasteiger partial charge >= 0.3 is 31.8 Å². The number of phosphoric ester groups is 1. The van der Waals surface area contributed by atoms with Crippen molar-refractivity contribution in [3.63, 3.8) is 0 Å². The highest BCUT2D eigenvalue weighted by Crippen LogP contribution is 2.43. The van der Waals surface area contributed by atoms with Gasteiger partial charge in [-0.2, -0.15) is 0 Å².